The number of carbonyl (C=O) groups is 1. The smallest absolute Gasteiger partial charge is 0.323 e. The number of urea groups is 1. The standard InChI is InChI=1S/C10H16N4O2S/c1-7(11)8-6-17-9(12-8)13-10(15)14-2-4-16-5-3-14/h6-7H,2-5,11H2,1H3,(H,12,13,15). The van der Waals surface area contributed by atoms with Gasteiger partial charge in [-0.3, -0.25) is 5.32 Å². The number of morpholine rings is 1. The van der Waals surface area contributed by atoms with E-state index in [0.717, 1.165) is 5.69 Å². The molecular weight excluding hydrogens is 240 g/mol. The second-order valence-electron chi connectivity index (χ2n) is 3.90. The molecule has 1 fully saturated rings. The number of anilines is 1. The topological polar surface area (TPSA) is 80.5 Å². The monoisotopic (exact) mass is 256 g/mol. The molecule has 2 heterocycles. The van der Waals surface area contributed by atoms with Gasteiger partial charge in [0.2, 0.25) is 0 Å². The SMILES string of the molecule is CC(N)c1csc(NC(=O)N2CCOCC2)n1. The quantitative estimate of drug-likeness (QED) is 0.828. The van der Waals surface area contributed by atoms with Crippen LogP contribution in [-0.2, 0) is 4.74 Å². The van der Waals surface area contributed by atoms with Crippen molar-refractivity contribution < 1.29 is 9.53 Å². The summed E-state index contributed by atoms with van der Waals surface area (Å²) in [5.41, 5.74) is 6.50. The van der Waals surface area contributed by atoms with E-state index in [4.69, 9.17) is 10.5 Å². The highest BCUT2D eigenvalue weighted by Crippen LogP contribution is 2.19. The van der Waals surface area contributed by atoms with Gasteiger partial charge in [0.05, 0.1) is 18.9 Å². The highest BCUT2D eigenvalue weighted by Gasteiger charge is 2.18. The van der Waals surface area contributed by atoms with Crippen LogP contribution in [0.25, 0.3) is 0 Å². The van der Waals surface area contributed by atoms with Crippen LogP contribution in [0.2, 0.25) is 0 Å². The fourth-order valence-corrected chi connectivity index (χ4v) is 2.29. The fraction of sp³-hybridized carbons (Fsp3) is 0.600. The summed E-state index contributed by atoms with van der Waals surface area (Å²) in [5.74, 6) is 0. The van der Waals surface area contributed by atoms with Crippen molar-refractivity contribution in [2.24, 2.45) is 5.73 Å². The van der Waals surface area contributed by atoms with E-state index >= 15 is 0 Å². The summed E-state index contributed by atoms with van der Waals surface area (Å²) in [6.45, 7) is 4.30. The maximum atomic E-state index is 11.8. The lowest BCUT2D eigenvalue weighted by Crippen LogP contribution is -2.43. The number of nitrogens with zero attached hydrogens (tertiary/aromatic N) is 2. The molecule has 1 unspecified atom stereocenters. The third-order valence-corrected chi connectivity index (χ3v) is 3.28. The minimum atomic E-state index is -0.126. The first kappa shape index (κ1) is 12.3. The van der Waals surface area contributed by atoms with E-state index in [2.05, 4.69) is 10.3 Å². The Morgan fingerprint density at radius 3 is 2.94 bits per heavy atom. The molecule has 3 N–H and O–H groups in total. The van der Waals surface area contributed by atoms with Crippen molar-refractivity contribution in [3.8, 4) is 0 Å². The molecule has 2 rings (SSSR count). The van der Waals surface area contributed by atoms with Gasteiger partial charge in [-0.25, -0.2) is 9.78 Å². The zero-order valence-electron chi connectivity index (χ0n) is 9.68. The van der Waals surface area contributed by atoms with Crippen LogP contribution in [0.15, 0.2) is 5.38 Å². The summed E-state index contributed by atoms with van der Waals surface area (Å²) < 4.78 is 5.18. The molecule has 1 aromatic rings. The van der Waals surface area contributed by atoms with Crippen LogP contribution in [0.3, 0.4) is 0 Å². The van der Waals surface area contributed by atoms with Gasteiger partial charge in [-0.1, -0.05) is 0 Å². The van der Waals surface area contributed by atoms with Gasteiger partial charge >= 0.3 is 6.03 Å². The maximum Gasteiger partial charge on any atom is 0.323 e. The summed E-state index contributed by atoms with van der Waals surface area (Å²) in [6, 6.07) is -0.237. The first-order chi connectivity index (χ1) is 8.16. The first-order valence-corrected chi connectivity index (χ1v) is 6.39. The summed E-state index contributed by atoms with van der Waals surface area (Å²) in [7, 11) is 0. The minimum absolute atomic E-state index is 0.111. The van der Waals surface area contributed by atoms with Crippen LogP contribution in [0.1, 0.15) is 18.7 Å². The second-order valence-corrected chi connectivity index (χ2v) is 4.75. The predicted molar refractivity (Wildman–Crippen MR) is 66.1 cm³/mol. The molecule has 0 spiro atoms. The van der Waals surface area contributed by atoms with Gasteiger partial charge in [0.15, 0.2) is 5.13 Å². The molecule has 0 aromatic carbocycles. The Morgan fingerprint density at radius 2 is 2.35 bits per heavy atom. The van der Waals surface area contributed by atoms with E-state index in [1.165, 1.54) is 11.3 Å². The van der Waals surface area contributed by atoms with Crippen LogP contribution < -0.4 is 11.1 Å². The van der Waals surface area contributed by atoms with Gasteiger partial charge in [0.1, 0.15) is 0 Å². The number of aromatic nitrogens is 1. The zero-order valence-corrected chi connectivity index (χ0v) is 10.5. The number of nitrogens with two attached hydrogens (primary N) is 1. The zero-order chi connectivity index (χ0) is 12.3. The fourth-order valence-electron chi connectivity index (χ4n) is 1.49. The Balaban J connectivity index is 1.92. The highest BCUT2D eigenvalue weighted by atomic mass is 32.1. The van der Waals surface area contributed by atoms with Crippen molar-refractivity contribution >= 4 is 22.5 Å². The third kappa shape index (κ3) is 3.15. The number of amides is 2. The summed E-state index contributed by atoms with van der Waals surface area (Å²) in [4.78, 5) is 17.8. The molecule has 94 valence electrons. The van der Waals surface area contributed by atoms with Gasteiger partial charge in [-0.2, -0.15) is 0 Å². The van der Waals surface area contributed by atoms with E-state index in [9.17, 15) is 4.79 Å². The molecule has 1 atom stereocenters. The van der Waals surface area contributed by atoms with Crippen LogP contribution in [0.5, 0.6) is 0 Å². The Hall–Kier alpha value is -1.18. The third-order valence-electron chi connectivity index (χ3n) is 2.50. The van der Waals surface area contributed by atoms with Crippen molar-refractivity contribution in [1.82, 2.24) is 9.88 Å². The Labute approximate surface area is 104 Å². The average molecular weight is 256 g/mol. The number of hydrogen-bond donors (Lipinski definition) is 2. The maximum absolute atomic E-state index is 11.8. The molecule has 17 heavy (non-hydrogen) atoms. The van der Waals surface area contributed by atoms with Gasteiger partial charge in [-0.15, -0.1) is 11.3 Å². The molecule has 2 amide bonds. The van der Waals surface area contributed by atoms with Gasteiger partial charge in [0.25, 0.3) is 0 Å². The minimum Gasteiger partial charge on any atom is -0.378 e. The van der Waals surface area contributed by atoms with Crippen LogP contribution in [-0.4, -0.2) is 42.2 Å². The molecule has 0 saturated carbocycles. The van der Waals surface area contributed by atoms with Crippen molar-refractivity contribution in [2.75, 3.05) is 31.6 Å². The molecule has 1 aromatic heterocycles. The van der Waals surface area contributed by atoms with Crippen molar-refractivity contribution in [3.05, 3.63) is 11.1 Å². The number of rotatable bonds is 2. The van der Waals surface area contributed by atoms with E-state index in [-0.39, 0.29) is 12.1 Å². The van der Waals surface area contributed by atoms with Gasteiger partial charge in [-0.05, 0) is 6.92 Å². The molecule has 0 aliphatic carbocycles. The van der Waals surface area contributed by atoms with Gasteiger partial charge in [0, 0.05) is 24.5 Å². The Bertz CT molecular complexity index is 387. The van der Waals surface area contributed by atoms with E-state index in [0.29, 0.717) is 31.4 Å². The molecule has 1 saturated heterocycles. The molecular formula is C10H16N4O2S. The largest absolute Gasteiger partial charge is 0.378 e. The van der Waals surface area contributed by atoms with Crippen LogP contribution in [0.4, 0.5) is 9.93 Å². The van der Waals surface area contributed by atoms with Crippen LogP contribution >= 0.6 is 11.3 Å². The summed E-state index contributed by atoms with van der Waals surface area (Å²) >= 11 is 1.39. The number of hydrogen-bond acceptors (Lipinski definition) is 5. The average Bonchev–Trinajstić information content (AvgIpc) is 2.79. The van der Waals surface area contributed by atoms with Crippen molar-refractivity contribution in [2.45, 2.75) is 13.0 Å². The van der Waals surface area contributed by atoms with Crippen molar-refractivity contribution in [3.63, 3.8) is 0 Å². The van der Waals surface area contributed by atoms with Crippen molar-refractivity contribution in [1.29, 1.82) is 0 Å². The number of carbonyl (C=O) groups excluding carboxylic acids is 1. The van der Waals surface area contributed by atoms with E-state index < -0.39 is 0 Å². The molecule has 6 nitrogen and oxygen atoms in total. The Kier molecular flexibility index (Phi) is 3.93. The van der Waals surface area contributed by atoms with E-state index in [1.807, 2.05) is 12.3 Å². The lowest BCUT2D eigenvalue weighted by Gasteiger charge is -2.26. The normalized spacial score (nSPS) is 17.9. The molecule has 7 heteroatoms. The Morgan fingerprint density at radius 1 is 1.65 bits per heavy atom. The number of nitrogens with one attached hydrogen (secondary N) is 1. The second kappa shape index (κ2) is 5.44. The number of thiazole rings is 1. The predicted octanol–water partition coefficient (Wildman–Crippen LogP) is 1.03. The molecule has 0 bridgehead atoms. The van der Waals surface area contributed by atoms with Crippen LogP contribution in [0, 0.1) is 0 Å². The lowest BCUT2D eigenvalue weighted by molar-refractivity contribution is 0.0564. The molecule has 1 aliphatic rings. The first-order valence-electron chi connectivity index (χ1n) is 5.51. The highest BCUT2D eigenvalue weighted by molar-refractivity contribution is 7.13. The molecule has 0 radical (unpaired) electrons. The molecule has 1 aliphatic heterocycles. The van der Waals surface area contributed by atoms with Gasteiger partial charge < -0.3 is 15.4 Å². The lowest BCUT2D eigenvalue weighted by atomic mass is 10.3. The number of ether oxygens (including phenoxy) is 1. The summed E-state index contributed by atoms with van der Waals surface area (Å²) in [6.07, 6.45) is 0. The summed E-state index contributed by atoms with van der Waals surface area (Å²) in [5, 5.41) is 5.22. The van der Waals surface area contributed by atoms with E-state index in [1.54, 1.807) is 4.90 Å².